The fourth-order valence-electron chi connectivity index (χ4n) is 2.72. The quantitative estimate of drug-likeness (QED) is 0.557. The first-order valence-electron chi connectivity index (χ1n) is 8.18. The number of H-pyrrole nitrogens is 1. The van der Waals surface area contributed by atoms with E-state index < -0.39 is 6.61 Å². The Labute approximate surface area is 164 Å². The lowest BCUT2D eigenvalue weighted by molar-refractivity contribution is -0.0511. The summed E-state index contributed by atoms with van der Waals surface area (Å²) in [5.41, 5.74) is 2.70. The molecule has 0 unspecified atom stereocenters. The normalized spacial score (nSPS) is 11.1. The highest BCUT2D eigenvalue weighted by molar-refractivity contribution is 7.98. The number of aromatic amines is 1. The van der Waals surface area contributed by atoms with Crippen molar-refractivity contribution < 1.29 is 27.7 Å². The van der Waals surface area contributed by atoms with Gasteiger partial charge in [-0.1, -0.05) is 11.8 Å². The first-order valence-corrected chi connectivity index (χ1v) is 9.17. The van der Waals surface area contributed by atoms with Crippen molar-refractivity contribution in [2.24, 2.45) is 0 Å². The number of pyridine rings is 1. The molecule has 3 aromatic rings. The van der Waals surface area contributed by atoms with Gasteiger partial charge in [0, 0.05) is 29.6 Å². The number of nitrogens with zero attached hydrogens (tertiary/aromatic N) is 2. The fraction of sp³-hybridized carbons (Fsp3) is 0.333. The van der Waals surface area contributed by atoms with Gasteiger partial charge in [-0.15, -0.1) is 0 Å². The summed E-state index contributed by atoms with van der Waals surface area (Å²) in [5, 5.41) is 0.592. The maximum atomic E-state index is 12.6. The van der Waals surface area contributed by atoms with E-state index >= 15 is 0 Å². The third kappa shape index (κ3) is 4.06. The van der Waals surface area contributed by atoms with Crippen LogP contribution in [0, 0.1) is 6.92 Å². The molecular weight excluding hydrogens is 392 g/mol. The number of alkyl halides is 2. The van der Waals surface area contributed by atoms with Gasteiger partial charge in [-0.2, -0.15) is 8.78 Å². The van der Waals surface area contributed by atoms with Crippen LogP contribution in [-0.4, -0.2) is 42.9 Å². The molecular formula is C18H19F2N3O4S. The van der Waals surface area contributed by atoms with Crippen molar-refractivity contribution >= 4 is 22.8 Å². The van der Waals surface area contributed by atoms with Gasteiger partial charge < -0.3 is 23.9 Å². The summed E-state index contributed by atoms with van der Waals surface area (Å²) in [7, 11) is 4.52. The van der Waals surface area contributed by atoms with Crippen molar-refractivity contribution in [1.29, 1.82) is 0 Å². The lowest BCUT2D eigenvalue weighted by Gasteiger charge is -2.13. The zero-order valence-corrected chi connectivity index (χ0v) is 16.5. The Kier molecular flexibility index (Phi) is 6.08. The lowest BCUT2D eigenvalue weighted by Crippen LogP contribution is -2.03. The van der Waals surface area contributed by atoms with E-state index in [0.717, 1.165) is 5.56 Å². The van der Waals surface area contributed by atoms with Crippen LogP contribution in [0.5, 0.6) is 23.0 Å². The molecule has 1 N–H and O–H groups in total. The summed E-state index contributed by atoms with van der Waals surface area (Å²) in [6.07, 6.45) is 1.72. The average molecular weight is 411 g/mol. The van der Waals surface area contributed by atoms with Crippen LogP contribution in [0.4, 0.5) is 8.78 Å². The zero-order chi connectivity index (χ0) is 20.3. The van der Waals surface area contributed by atoms with Gasteiger partial charge >= 0.3 is 6.61 Å². The van der Waals surface area contributed by atoms with Gasteiger partial charge in [-0.05, 0) is 6.92 Å². The van der Waals surface area contributed by atoms with Gasteiger partial charge in [0.05, 0.1) is 38.1 Å². The van der Waals surface area contributed by atoms with Crippen LogP contribution in [0.25, 0.3) is 11.0 Å². The van der Waals surface area contributed by atoms with E-state index in [-0.39, 0.29) is 11.5 Å². The Balaban J connectivity index is 1.86. The number of nitrogens with one attached hydrogen (secondary N) is 1. The summed E-state index contributed by atoms with van der Waals surface area (Å²) in [6, 6.07) is 2.98. The molecule has 10 heteroatoms. The molecule has 0 saturated heterocycles. The van der Waals surface area contributed by atoms with E-state index in [0.29, 0.717) is 39.1 Å². The predicted octanol–water partition coefficient (Wildman–Crippen LogP) is 4.19. The summed E-state index contributed by atoms with van der Waals surface area (Å²) in [4.78, 5) is 11.9. The van der Waals surface area contributed by atoms with Crippen LogP contribution in [0.3, 0.4) is 0 Å². The average Bonchev–Trinajstić information content (AvgIpc) is 3.07. The largest absolute Gasteiger partial charge is 0.493 e. The predicted molar refractivity (Wildman–Crippen MR) is 101 cm³/mol. The highest BCUT2D eigenvalue weighted by Crippen LogP contribution is 2.37. The second-order valence-corrected chi connectivity index (χ2v) is 6.65. The molecule has 0 fully saturated rings. The van der Waals surface area contributed by atoms with Crippen LogP contribution < -0.4 is 18.9 Å². The number of hydrogen-bond donors (Lipinski definition) is 1. The first-order chi connectivity index (χ1) is 13.5. The number of thioether (sulfide) groups is 1. The van der Waals surface area contributed by atoms with E-state index in [9.17, 15) is 8.78 Å². The smallest absolute Gasteiger partial charge is 0.387 e. The van der Waals surface area contributed by atoms with E-state index in [2.05, 4.69) is 19.7 Å². The second-order valence-electron chi connectivity index (χ2n) is 5.68. The molecule has 2 heterocycles. The summed E-state index contributed by atoms with van der Waals surface area (Å²) >= 11 is 1.39. The minimum Gasteiger partial charge on any atom is -0.493 e. The van der Waals surface area contributed by atoms with Crippen LogP contribution in [0.1, 0.15) is 11.3 Å². The molecule has 0 saturated carbocycles. The minimum absolute atomic E-state index is 0.0585. The van der Waals surface area contributed by atoms with Crippen molar-refractivity contribution in [3.63, 3.8) is 0 Å². The van der Waals surface area contributed by atoms with E-state index in [1.54, 1.807) is 26.5 Å². The molecule has 0 aliphatic heterocycles. The molecule has 0 bridgehead atoms. The molecule has 0 spiro atoms. The van der Waals surface area contributed by atoms with Gasteiger partial charge in [0.1, 0.15) is 0 Å². The van der Waals surface area contributed by atoms with Crippen molar-refractivity contribution in [3.8, 4) is 23.0 Å². The Morgan fingerprint density at radius 1 is 1.07 bits per heavy atom. The number of aryl methyl sites for hydroxylation is 1. The number of halogens is 2. The van der Waals surface area contributed by atoms with Gasteiger partial charge in [0.25, 0.3) is 0 Å². The molecule has 0 aliphatic carbocycles. The topological polar surface area (TPSA) is 78.5 Å². The molecule has 28 heavy (non-hydrogen) atoms. The van der Waals surface area contributed by atoms with Crippen LogP contribution in [0.2, 0.25) is 0 Å². The van der Waals surface area contributed by atoms with Gasteiger partial charge in [-0.25, -0.2) is 4.98 Å². The standard InChI is InChI=1S/C18H19F2N3O4S/c1-9-7-21-12(16(26-4)15(9)25-3)8-28-18-22-10-5-13(24-2)14(27-17(19)20)6-11(10)23-18/h5-7,17H,8H2,1-4H3,(H,22,23). The molecule has 0 amide bonds. The van der Waals surface area contributed by atoms with Gasteiger partial charge in [-0.3, -0.25) is 4.98 Å². The van der Waals surface area contributed by atoms with Crippen molar-refractivity contribution in [3.05, 3.63) is 29.6 Å². The number of rotatable bonds is 8. The molecule has 150 valence electrons. The SMILES string of the molecule is COc1cc2nc(SCc3ncc(C)c(OC)c3OC)[nH]c2cc1OC(F)F. The summed E-state index contributed by atoms with van der Waals surface area (Å²) in [6.45, 7) is -1.06. The second kappa shape index (κ2) is 8.51. The molecule has 2 aromatic heterocycles. The summed E-state index contributed by atoms with van der Waals surface area (Å²) < 4.78 is 45.6. The maximum Gasteiger partial charge on any atom is 0.387 e. The number of methoxy groups -OCH3 is 3. The van der Waals surface area contributed by atoms with Gasteiger partial charge in [0.2, 0.25) is 0 Å². The Morgan fingerprint density at radius 2 is 1.82 bits per heavy atom. The first kappa shape index (κ1) is 20.0. The Hall–Kier alpha value is -2.75. The monoisotopic (exact) mass is 411 g/mol. The maximum absolute atomic E-state index is 12.6. The van der Waals surface area contributed by atoms with E-state index in [4.69, 9.17) is 14.2 Å². The molecule has 0 aliphatic rings. The van der Waals surface area contributed by atoms with E-state index in [1.165, 1.54) is 24.9 Å². The molecule has 0 radical (unpaired) electrons. The van der Waals surface area contributed by atoms with Gasteiger partial charge in [0.15, 0.2) is 28.2 Å². The molecule has 3 rings (SSSR count). The fourth-order valence-corrected chi connectivity index (χ4v) is 3.54. The van der Waals surface area contributed by atoms with E-state index in [1.807, 2.05) is 6.92 Å². The van der Waals surface area contributed by atoms with Crippen LogP contribution in [0.15, 0.2) is 23.5 Å². The minimum atomic E-state index is -2.95. The van der Waals surface area contributed by atoms with Crippen LogP contribution in [-0.2, 0) is 5.75 Å². The summed E-state index contributed by atoms with van der Waals surface area (Å²) in [5.74, 6) is 1.80. The number of benzene rings is 1. The zero-order valence-electron chi connectivity index (χ0n) is 15.7. The number of hydrogen-bond acceptors (Lipinski definition) is 7. The lowest BCUT2D eigenvalue weighted by atomic mass is 10.2. The highest BCUT2D eigenvalue weighted by Gasteiger charge is 2.17. The van der Waals surface area contributed by atoms with Crippen molar-refractivity contribution in [1.82, 2.24) is 15.0 Å². The van der Waals surface area contributed by atoms with Crippen molar-refractivity contribution in [2.75, 3.05) is 21.3 Å². The number of fused-ring (bicyclic) bond motifs is 1. The molecule has 7 nitrogen and oxygen atoms in total. The molecule has 1 aromatic carbocycles. The van der Waals surface area contributed by atoms with Crippen molar-refractivity contribution in [2.45, 2.75) is 24.4 Å². The Bertz CT molecular complexity index is 981. The number of ether oxygens (including phenoxy) is 4. The third-order valence-corrected chi connectivity index (χ3v) is 4.84. The molecule has 0 atom stereocenters. The van der Waals surface area contributed by atoms with Crippen LogP contribution >= 0.6 is 11.8 Å². The number of aromatic nitrogens is 3. The third-order valence-electron chi connectivity index (χ3n) is 3.96. The number of imidazole rings is 1. The Morgan fingerprint density at radius 3 is 2.46 bits per heavy atom. The highest BCUT2D eigenvalue weighted by atomic mass is 32.2.